The first-order valence-electron chi connectivity index (χ1n) is 4.87. The Bertz CT molecular complexity index is 334. The molecule has 1 unspecified atom stereocenters. The van der Waals surface area contributed by atoms with Gasteiger partial charge in [0.2, 0.25) is 0 Å². The van der Waals surface area contributed by atoms with Crippen molar-refractivity contribution in [3.05, 3.63) is 11.8 Å². The normalized spacial score (nSPS) is 12.1. The summed E-state index contributed by atoms with van der Waals surface area (Å²) in [5.74, 6) is 0.691. The van der Waals surface area contributed by atoms with Crippen LogP contribution in [0, 0.1) is 11.3 Å². The fourth-order valence-electron chi connectivity index (χ4n) is 1.42. The molecule has 1 aromatic heterocycles. The standard InChI is InChI=1S/C10H16N4/c1-4-5-8(2)12-10-9(6-11)7-14(3)13-10/h7-8H,4-5H2,1-3H3,(H,12,13). The number of hydrogen-bond acceptors (Lipinski definition) is 3. The number of nitrogens with one attached hydrogen (secondary N) is 1. The highest BCUT2D eigenvalue weighted by molar-refractivity contribution is 5.50. The number of rotatable bonds is 4. The molecule has 0 aromatic carbocycles. The lowest BCUT2D eigenvalue weighted by atomic mass is 10.2. The zero-order valence-electron chi connectivity index (χ0n) is 8.91. The number of nitrogens with zero attached hydrogens (tertiary/aromatic N) is 3. The average molecular weight is 192 g/mol. The molecule has 0 bridgehead atoms. The van der Waals surface area contributed by atoms with Crippen molar-refractivity contribution in [1.82, 2.24) is 9.78 Å². The Morgan fingerprint density at radius 2 is 2.43 bits per heavy atom. The van der Waals surface area contributed by atoms with E-state index in [2.05, 4.69) is 30.3 Å². The van der Waals surface area contributed by atoms with Crippen molar-refractivity contribution in [3.63, 3.8) is 0 Å². The zero-order valence-corrected chi connectivity index (χ0v) is 8.91. The van der Waals surface area contributed by atoms with Crippen molar-refractivity contribution in [1.29, 1.82) is 5.26 Å². The summed E-state index contributed by atoms with van der Waals surface area (Å²) in [6.45, 7) is 4.24. The van der Waals surface area contributed by atoms with E-state index in [4.69, 9.17) is 5.26 Å². The van der Waals surface area contributed by atoms with Crippen LogP contribution in [0.15, 0.2) is 6.20 Å². The maximum atomic E-state index is 8.83. The third kappa shape index (κ3) is 2.49. The third-order valence-corrected chi connectivity index (χ3v) is 2.05. The van der Waals surface area contributed by atoms with Crippen molar-refractivity contribution < 1.29 is 0 Å². The first kappa shape index (κ1) is 10.6. The molecule has 4 nitrogen and oxygen atoms in total. The van der Waals surface area contributed by atoms with Gasteiger partial charge in [0.15, 0.2) is 5.82 Å². The molecule has 0 aliphatic heterocycles. The molecular weight excluding hydrogens is 176 g/mol. The lowest BCUT2D eigenvalue weighted by Gasteiger charge is -2.11. The van der Waals surface area contributed by atoms with E-state index in [1.165, 1.54) is 0 Å². The second-order valence-electron chi connectivity index (χ2n) is 3.51. The average Bonchev–Trinajstić information content (AvgIpc) is 2.46. The highest BCUT2D eigenvalue weighted by atomic mass is 15.3. The number of anilines is 1. The smallest absolute Gasteiger partial charge is 0.166 e. The summed E-state index contributed by atoms with van der Waals surface area (Å²) in [6.07, 6.45) is 3.94. The molecule has 0 amide bonds. The van der Waals surface area contributed by atoms with Crippen LogP contribution in [0.1, 0.15) is 32.3 Å². The predicted molar refractivity (Wildman–Crippen MR) is 55.9 cm³/mol. The van der Waals surface area contributed by atoms with Crippen molar-refractivity contribution >= 4 is 5.82 Å². The van der Waals surface area contributed by atoms with Gasteiger partial charge in [-0.3, -0.25) is 4.68 Å². The van der Waals surface area contributed by atoms with Crippen LogP contribution in [-0.2, 0) is 7.05 Å². The van der Waals surface area contributed by atoms with Gasteiger partial charge < -0.3 is 5.32 Å². The molecule has 1 heterocycles. The van der Waals surface area contributed by atoms with Gasteiger partial charge in [0, 0.05) is 19.3 Å². The van der Waals surface area contributed by atoms with Crippen molar-refractivity contribution in [2.75, 3.05) is 5.32 Å². The molecule has 1 N–H and O–H groups in total. The largest absolute Gasteiger partial charge is 0.365 e. The van der Waals surface area contributed by atoms with Crippen LogP contribution in [0.4, 0.5) is 5.82 Å². The summed E-state index contributed by atoms with van der Waals surface area (Å²) >= 11 is 0. The molecular formula is C10H16N4. The van der Waals surface area contributed by atoms with E-state index in [9.17, 15) is 0 Å². The van der Waals surface area contributed by atoms with E-state index in [0.717, 1.165) is 12.8 Å². The number of hydrogen-bond donors (Lipinski definition) is 1. The van der Waals surface area contributed by atoms with Gasteiger partial charge in [-0.15, -0.1) is 0 Å². The van der Waals surface area contributed by atoms with E-state index >= 15 is 0 Å². The van der Waals surface area contributed by atoms with E-state index < -0.39 is 0 Å². The fourth-order valence-corrected chi connectivity index (χ4v) is 1.42. The van der Waals surface area contributed by atoms with Crippen LogP contribution in [-0.4, -0.2) is 15.8 Å². The molecule has 0 radical (unpaired) electrons. The summed E-state index contributed by atoms with van der Waals surface area (Å²) in [5, 5.41) is 16.2. The zero-order chi connectivity index (χ0) is 10.6. The van der Waals surface area contributed by atoms with Gasteiger partial charge in [-0.05, 0) is 13.3 Å². The Hall–Kier alpha value is -1.50. The maximum absolute atomic E-state index is 8.83. The van der Waals surface area contributed by atoms with Crippen LogP contribution < -0.4 is 5.32 Å². The lowest BCUT2D eigenvalue weighted by molar-refractivity contribution is 0.681. The van der Waals surface area contributed by atoms with Gasteiger partial charge in [-0.25, -0.2) is 0 Å². The predicted octanol–water partition coefficient (Wildman–Crippen LogP) is 1.89. The molecule has 0 spiro atoms. The number of aromatic nitrogens is 2. The molecule has 0 aliphatic rings. The van der Waals surface area contributed by atoms with Crippen LogP contribution >= 0.6 is 0 Å². The SMILES string of the molecule is CCCC(C)Nc1nn(C)cc1C#N. The highest BCUT2D eigenvalue weighted by Gasteiger charge is 2.09. The second kappa shape index (κ2) is 4.66. The minimum absolute atomic E-state index is 0.363. The van der Waals surface area contributed by atoms with Crippen molar-refractivity contribution in [3.8, 4) is 6.07 Å². The van der Waals surface area contributed by atoms with Crippen LogP contribution in [0.3, 0.4) is 0 Å². The number of nitriles is 1. The van der Waals surface area contributed by atoms with Gasteiger partial charge >= 0.3 is 0 Å². The molecule has 0 fully saturated rings. The minimum atomic E-state index is 0.363. The fraction of sp³-hybridized carbons (Fsp3) is 0.600. The molecule has 14 heavy (non-hydrogen) atoms. The maximum Gasteiger partial charge on any atom is 0.166 e. The number of aryl methyl sites for hydroxylation is 1. The van der Waals surface area contributed by atoms with Crippen LogP contribution in [0.5, 0.6) is 0 Å². The van der Waals surface area contributed by atoms with Crippen LogP contribution in [0.25, 0.3) is 0 Å². The summed E-state index contributed by atoms with van der Waals surface area (Å²) in [5.41, 5.74) is 0.607. The Labute approximate surface area is 84.5 Å². The minimum Gasteiger partial charge on any atom is -0.365 e. The molecule has 1 aromatic rings. The monoisotopic (exact) mass is 192 g/mol. The highest BCUT2D eigenvalue weighted by Crippen LogP contribution is 2.13. The first-order valence-corrected chi connectivity index (χ1v) is 4.87. The molecule has 0 aliphatic carbocycles. The van der Waals surface area contributed by atoms with Gasteiger partial charge in [0.05, 0.1) is 0 Å². The second-order valence-corrected chi connectivity index (χ2v) is 3.51. The molecule has 0 saturated heterocycles. The van der Waals surface area contributed by atoms with E-state index in [0.29, 0.717) is 17.4 Å². The van der Waals surface area contributed by atoms with Gasteiger partial charge in [0.1, 0.15) is 11.6 Å². The van der Waals surface area contributed by atoms with Crippen molar-refractivity contribution in [2.45, 2.75) is 32.7 Å². The first-order chi connectivity index (χ1) is 6.67. The molecule has 4 heteroatoms. The molecule has 1 rings (SSSR count). The summed E-state index contributed by atoms with van der Waals surface area (Å²) in [7, 11) is 1.82. The van der Waals surface area contributed by atoms with Crippen molar-refractivity contribution in [2.24, 2.45) is 7.05 Å². The van der Waals surface area contributed by atoms with Gasteiger partial charge in [-0.2, -0.15) is 10.4 Å². The lowest BCUT2D eigenvalue weighted by Crippen LogP contribution is -2.15. The molecule has 76 valence electrons. The summed E-state index contributed by atoms with van der Waals surface area (Å²) in [4.78, 5) is 0. The van der Waals surface area contributed by atoms with Gasteiger partial charge in [-0.1, -0.05) is 13.3 Å². The molecule has 0 saturated carbocycles. The quantitative estimate of drug-likeness (QED) is 0.792. The Morgan fingerprint density at radius 1 is 1.71 bits per heavy atom. The Balaban J connectivity index is 2.71. The Kier molecular flexibility index (Phi) is 3.52. The summed E-state index contributed by atoms with van der Waals surface area (Å²) < 4.78 is 1.65. The molecule has 1 atom stereocenters. The Morgan fingerprint density at radius 3 is 3.00 bits per heavy atom. The van der Waals surface area contributed by atoms with Crippen LogP contribution in [0.2, 0.25) is 0 Å². The van der Waals surface area contributed by atoms with E-state index in [-0.39, 0.29) is 0 Å². The third-order valence-electron chi connectivity index (χ3n) is 2.05. The van der Waals surface area contributed by atoms with E-state index in [1.807, 2.05) is 7.05 Å². The van der Waals surface area contributed by atoms with E-state index in [1.54, 1.807) is 10.9 Å². The van der Waals surface area contributed by atoms with Gasteiger partial charge in [0.25, 0.3) is 0 Å². The topological polar surface area (TPSA) is 53.6 Å². The summed E-state index contributed by atoms with van der Waals surface area (Å²) in [6, 6.07) is 2.48.